The van der Waals surface area contributed by atoms with Gasteiger partial charge in [-0.15, -0.1) is 0 Å². The molecule has 0 radical (unpaired) electrons. The molecule has 176 valence electrons. The third kappa shape index (κ3) is 6.70. The Bertz CT molecular complexity index is 903. The van der Waals surface area contributed by atoms with Crippen molar-refractivity contribution in [1.82, 2.24) is 4.90 Å². The molecule has 0 heterocycles. The van der Waals surface area contributed by atoms with E-state index < -0.39 is 17.7 Å². The number of methoxy groups -OCH3 is 1. The fraction of sp³-hybridized carbons (Fsp3) is 0.538. The Morgan fingerprint density at radius 2 is 1.88 bits per heavy atom. The van der Waals surface area contributed by atoms with Gasteiger partial charge >= 0.3 is 6.09 Å². The summed E-state index contributed by atoms with van der Waals surface area (Å²) in [6.07, 6.45) is 0.939. The standard InChI is InChI=1S/C26H37NO5/c1-18(2)21(16-22(17-28)27(25(29)30)26(3,4)5)14-19-10-11-20-8-7-9-24(23(20)15-19)32-13-12-31-6/h7-11,15,17-18,21-22H,12-14,16H2,1-6H3,(H,29,30). The Labute approximate surface area is 191 Å². The zero-order chi connectivity index (χ0) is 23.9. The van der Waals surface area contributed by atoms with E-state index >= 15 is 0 Å². The lowest BCUT2D eigenvalue weighted by molar-refractivity contribution is -0.114. The number of carbonyl (C=O) groups excluding carboxylic acids is 1. The maximum Gasteiger partial charge on any atom is 0.408 e. The van der Waals surface area contributed by atoms with Crippen LogP contribution < -0.4 is 4.74 Å². The van der Waals surface area contributed by atoms with Gasteiger partial charge in [-0.2, -0.15) is 0 Å². The van der Waals surface area contributed by atoms with Crippen LogP contribution in [0.2, 0.25) is 0 Å². The first-order chi connectivity index (χ1) is 15.1. The molecule has 2 atom stereocenters. The molecule has 1 amide bonds. The number of fused-ring (bicyclic) bond motifs is 1. The lowest BCUT2D eigenvalue weighted by Gasteiger charge is -2.39. The van der Waals surface area contributed by atoms with E-state index in [9.17, 15) is 14.7 Å². The number of rotatable bonds is 11. The molecule has 0 aliphatic rings. The van der Waals surface area contributed by atoms with E-state index in [0.717, 1.165) is 34.8 Å². The van der Waals surface area contributed by atoms with Gasteiger partial charge in [-0.25, -0.2) is 4.79 Å². The van der Waals surface area contributed by atoms with Crippen molar-refractivity contribution in [3.05, 3.63) is 42.0 Å². The minimum absolute atomic E-state index is 0.147. The highest BCUT2D eigenvalue weighted by Gasteiger charge is 2.35. The predicted molar refractivity (Wildman–Crippen MR) is 127 cm³/mol. The minimum Gasteiger partial charge on any atom is -0.491 e. The second-order valence-electron chi connectivity index (χ2n) is 9.62. The summed E-state index contributed by atoms with van der Waals surface area (Å²) in [6.45, 7) is 10.7. The van der Waals surface area contributed by atoms with Crippen molar-refractivity contribution in [2.75, 3.05) is 20.3 Å². The summed E-state index contributed by atoms with van der Waals surface area (Å²) in [5, 5.41) is 11.9. The molecule has 0 bridgehead atoms. The molecule has 2 unspecified atom stereocenters. The third-order valence-electron chi connectivity index (χ3n) is 5.85. The summed E-state index contributed by atoms with van der Waals surface area (Å²) >= 11 is 0. The van der Waals surface area contributed by atoms with Gasteiger partial charge in [0.15, 0.2) is 0 Å². The number of ether oxygens (including phenoxy) is 2. The first-order valence-corrected chi connectivity index (χ1v) is 11.2. The number of amides is 1. The second-order valence-corrected chi connectivity index (χ2v) is 9.62. The van der Waals surface area contributed by atoms with Crippen LogP contribution >= 0.6 is 0 Å². The Morgan fingerprint density at radius 3 is 2.44 bits per heavy atom. The molecule has 0 aromatic heterocycles. The highest BCUT2D eigenvalue weighted by Crippen LogP contribution is 2.31. The van der Waals surface area contributed by atoms with Crippen molar-refractivity contribution < 1.29 is 24.2 Å². The van der Waals surface area contributed by atoms with Gasteiger partial charge in [0.1, 0.15) is 18.6 Å². The van der Waals surface area contributed by atoms with Crippen LogP contribution in [0.1, 0.15) is 46.6 Å². The van der Waals surface area contributed by atoms with Crippen molar-refractivity contribution in [3.63, 3.8) is 0 Å². The molecule has 0 fully saturated rings. The highest BCUT2D eigenvalue weighted by atomic mass is 16.5. The Kier molecular flexibility index (Phi) is 9.08. The maximum atomic E-state index is 11.9. The summed E-state index contributed by atoms with van der Waals surface area (Å²) in [6, 6.07) is 11.6. The van der Waals surface area contributed by atoms with Crippen molar-refractivity contribution in [2.24, 2.45) is 11.8 Å². The van der Waals surface area contributed by atoms with Crippen LogP contribution in [0.3, 0.4) is 0 Å². The smallest absolute Gasteiger partial charge is 0.408 e. The SMILES string of the molecule is COCCOc1cccc2ccc(CC(CC(C=O)N(C(=O)O)C(C)(C)C)C(C)C)cc12. The van der Waals surface area contributed by atoms with Gasteiger partial charge in [0, 0.05) is 18.0 Å². The van der Waals surface area contributed by atoms with Gasteiger partial charge < -0.3 is 19.4 Å². The fourth-order valence-electron chi connectivity index (χ4n) is 4.13. The molecule has 2 aromatic carbocycles. The van der Waals surface area contributed by atoms with Crippen LogP contribution in [0.15, 0.2) is 36.4 Å². The highest BCUT2D eigenvalue weighted by molar-refractivity contribution is 5.88. The second kappa shape index (κ2) is 11.3. The maximum absolute atomic E-state index is 11.9. The monoisotopic (exact) mass is 443 g/mol. The molecule has 0 saturated heterocycles. The first kappa shape index (κ1) is 25.7. The fourth-order valence-corrected chi connectivity index (χ4v) is 4.13. The predicted octanol–water partition coefficient (Wildman–Crippen LogP) is 5.42. The molecule has 1 N–H and O–H groups in total. The molecular weight excluding hydrogens is 406 g/mol. The lowest BCUT2D eigenvalue weighted by atomic mass is 9.83. The van der Waals surface area contributed by atoms with Crippen molar-refractivity contribution in [2.45, 2.75) is 59.0 Å². The summed E-state index contributed by atoms with van der Waals surface area (Å²) in [4.78, 5) is 25.1. The van der Waals surface area contributed by atoms with Crippen LogP contribution in [0.5, 0.6) is 5.75 Å². The molecule has 32 heavy (non-hydrogen) atoms. The molecule has 0 aliphatic heterocycles. The minimum atomic E-state index is -1.07. The van der Waals surface area contributed by atoms with Gasteiger partial charge in [-0.05, 0) is 68.5 Å². The van der Waals surface area contributed by atoms with E-state index in [1.54, 1.807) is 7.11 Å². The summed E-state index contributed by atoms with van der Waals surface area (Å²) < 4.78 is 11.0. The largest absolute Gasteiger partial charge is 0.491 e. The molecule has 2 aromatic rings. The van der Waals surface area contributed by atoms with E-state index in [1.807, 2.05) is 32.9 Å². The number of carboxylic acid groups (broad SMARTS) is 1. The van der Waals surface area contributed by atoms with Crippen LogP contribution in [-0.4, -0.2) is 54.3 Å². The normalized spacial score (nSPS) is 13.7. The number of nitrogens with zero attached hydrogens (tertiary/aromatic N) is 1. The summed E-state index contributed by atoms with van der Waals surface area (Å²) in [5.41, 5.74) is 0.484. The van der Waals surface area contributed by atoms with Crippen LogP contribution in [0.4, 0.5) is 4.79 Å². The Balaban J connectivity index is 2.29. The molecule has 2 rings (SSSR count). The van der Waals surface area contributed by atoms with Crippen LogP contribution in [0.25, 0.3) is 10.8 Å². The number of benzene rings is 2. The van der Waals surface area contributed by atoms with E-state index in [0.29, 0.717) is 19.6 Å². The number of aldehydes is 1. The first-order valence-electron chi connectivity index (χ1n) is 11.2. The molecule has 0 saturated carbocycles. The van der Waals surface area contributed by atoms with Gasteiger partial charge in [0.25, 0.3) is 0 Å². The van der Waals surface area contributed by atoms with Crippen molar-refractivity contribution in [1.29, 1.82) is 0 Å². The molecular formula is C26H37NO5. The Morgan fingerprint density at radius 1 is 1.16 bits per heavy atom. The van der Waals surface area contributed by atoms with E-state index in [-0.39, 0.29) is 11.8 Å². The zero-order valence-electron chi connectivity index (χ0n) is 20.1. The van der Waals surface area contributed by atoms with Crippen molar-refractivity contribution >= 4 is 23.2 Å². The van der Waals surface area contributed by atoms with Gasteiger partial charge in [0.2, 0.25) is 0 Å². The van der Waals surface area contributed by atoms with Gasteiger partial charge in [0.05, 0.1) is 12.6 Å². The lowest BCUT2D eigenvalue weighted by Crippen LogP contribution is -2.52. The van der Waals surface area contributed by atoms with Crippen molar-refractivity contribution in [3.8, 4) is 5.75 Å². The molecule has 0 aliphatic carbocycles. The molecule has 0 spiro atoms. The van der Waals surface area contributed by atoms with E-state index in [2.05, 4.69) is 38.1 Å². The zero-order valence-corrected chi connectivity index (χ0v) is 20.1. The third-order valence-corrected chi connectivity index (χ3v) is 5.85. The van der Waals surface area contributed by atoms with E-state index in [4.69, 9.17) is 9.47 Å². The summed E-state index contributed by atoms with van der Waals surface area (Å²) in [7, 11) is 1.65. The average molecular weight is 444 g/mol. The summed E-state index contributed by atoms with van der Waals surface area (Å²) in [5.74, 6) is 1.25. The quantitative estimate of drug-likeness (QED) is 0.371. The van der Waals surface area contributed by atoms with Gasteiger partial charge in [-0.3, -0.25) is 4.90 Å². The van der Waals surface area contributed by atoms with Crippen LogP contribution in [0, 0.1) is 11.8 Å². The number of hydrogen-bond acceptors (Lipinski definition) is 4. The Hall–Kier alpha value is -2.60. The van der Waals surface area contributed by atoms with Gasteiger partial charge in [-0.1, -0.05) is 38.1 Å². The topological polar surface area (TPSA) is 76.1 Å². The number of carbonyl (C=O) groups is 2. The van der Waals surface area contributed by atoms with Crippen LogP contribution in [-0.2, 0) is 16.0 Å². The molecule has 6 heteroatoms. The number of hydrogen-bond donors (Lipinski definition) is 1. The average Bonchev–Trinajstić information content (AvgIpc) is 2.71. The molecule has 6 nitrogen and oxygen atoms in total. The van der Waals surface area contributed by atoms with E-state index in [1.165, 1.54) is 4.90 Å².